The van der Waals surface area contributed by atoms with Gasteiger partial charge in [0, 0.05) is 0 Å². The first-order chi connectivity index (χ1) is 24.0. The molecule has 0 heterocycles. The summed E-state index contributed by atoms with van der Waals surface area (Å²) >= 11 is -2.89. The molecule has 0 nitrogen and oxygen atoms in total. The minimum Gasteiger partial charge on any atom is -0.147 e. The van der Waals surface area contributed by atoms with Crippen molar-refractivity contribution >= 4 is 31.3 Å². The maximum Gasteiger partial charge on any atom is -0.147 e. The molecular formula is C49H56Cl2Zr. The second kappa shape index (κ2) is 14.1. The average Bonchev–Trinajstić information content (AvgIpc) is 3.72. The molecule has 4 aromatic carbocycles. The van der Waals surface area contributed by atoms with Crippen molar-refractivity contribution in [1.82, 2.24) is 0 Å². The normalized spacial score (nSPS) is 23.9. The van der Waals surface area contributed by atoms with Crippen LogP contribution in [0.2, 0.25) is 0 Å². The standard InChI is InChI=1S/C21H25.C15H19.C13H10.2ClH.Zr/c1-20(2,3)16-9-7-14-11-15-8-10-17(21(4,5)6)13-19(15)18(14)12-16;1-2-4-14(3-1)15-8-11-5-12(9-15)7-13(6-11)10-15;1-3-7-12(8-4-1)11-13-9-5-2-6-10-13;;;/h7,9-10,12-13H,11H2,1-6H3;1,3,11-13H,2,5-10H2;1-10H;2*1H;. The zero-order valence-electron chi connectivity index (χ0n) is 32.0. The number of hydrogen-bond acceptors (Lipinski definition) is 0. The second-order valence-corrected chi connectivity index (χ2v) is 24.7. The van der Waals surface area contributed by atoms with Crippen LogP contribution in [0.4, 0.5) is 0 Å². The zero-order valence-corrected chi connectivity index (χ0v) is 36.1. The molecule has 4 aromatic rings. The molecule has 0 atom stereocenters. The van der Waals surface area contributed by atoms with E-state index in [0.717, 1.165) is 30.6 Å². The molecule has 0 aliphatic heterocycles. The molecule has 0 N–H and O–H groups in total. The molecule has 4 bridgehead atoms. The summed E-state index contributed by atoms with van der Waals surface area (Å²) in [5, 5.41) is 0. The van der Waals surface area contributed by atoms with Gasteiger partial charge >= 0.3 is 311 Å². The zero-order chi connectivity index (χ0) is 34.4. The molecular weight excluding hydrogens is 751 g/mol. The largest absolute Gasteiger partial charge is 0.147 e. The first-order valence-corrected chi connectivity index (χ1v) is 23.2. The van der Waals surface area contributed by atoms with Crippen LogP contribution in [-0.2, 0) is 38.5 Å². The van der Waals surface area contributed by atoms with Crippen LogP contribution in [0.15, 0.2) is 112 Å². The Morgan fingerprint density at radius 3 is 1.71 bits per heavy atom. The molecule has 52 heavy (non-hydrogen) atoms. The monoisotopic (exact) mass is 804 g/mol. The number of fused-ring (bicyclic) bond motifs is 3. The summed E-state index contributed by atoms with van der Waals surface area (Å²) in [6.45, 7) is 14.4. The molecule has 270 valence electrons. The van der Waals surface area contributed by atoms with E-state index in [1.807, 2.05) is 8.85 Å². The van der Waals surface area contributed by atoms with Crippen LogP contribution in [0.1, 0.15) is 120 Å². The third kappa shape index (κ3) is 6.58. The van der Waals surface area contributed by atoms with Crippen molar-refractivity contribution < 1.29 is 21.3 Å². The van der Waals surface area contributed by atoms with Gasteiger partial charge in [-0.1, -0.05) is 0 Å². The van der Waals surface area contributed by atoms with E-state index in [0.29, 0.717) is 5.41 Å². The minimum atomic E-state index is -2.89. The summed E-state index contributed by atoms with van der Waals surface area (Å²) in [5.41, 5.74) is 14.4. The van der Waals surface area contributed by atoms with Crippen molar-refractivity contribution in [3.8, 4) is 11.1 Å². The van der Waals surface area contributed by atoms with Gasteiger partial charge in [-0.3, -0.25) is 0 Å². The SMILES string of the molecule is CC(C)(C)c1ccc2c(c1)-c1cc(C(C)(C)C)c[c]([Zr]([C]3=C(C45CC6CC(CC(C6)C4)C5)C=CC3)=[C](c3ccccc3)c3ccccc3)c1C2.Cl.Cl. The summed E-state index contributed by atoms with van der Waals surface area (Å²) in [6.07, 6.45) is 16.3. The third-order valence-electron chi connectivity index (χ3n) is 13.2. The minimum absolute atomic E-state index is 0. The Morgan fingerprint density at radius 2 is 1.17 bits per heavy atom. The van der Waals surface area contributed by atoms with Gasteiger partial charge in [-0.25, -0.2) is 0 Å². The Bertz CT molecular complexity index is 2010. The smallest absolute Gasteiger partial charge is 0.147 e. The molecule has 10 rings (SSSR count). The van der Waals surface area contributed by atoms with Gasteiger partial charge in [0.15, 0.2) is 0 Å². The van der Waals surface area contributed by atoms with Gasteiger partial charge in [-0.2, -0.15) is 0 Å². The van der Waals surface area contributed by atoms with E-state index < -0.39 is 21.3 Å². The molecule has 0 radical (unpaired) electrons. The molecule has 0 aromatic heterocycles. The molecule has 4 saturated carbocycles. The summed E-state index contributed by atoms with van der Waals surface area (Å²) < 4.78 is 5.30. The van der Waals surface area contributed by atoms with Crippen LogP contribution in [0.3, 0.4) is 0 Å². The van der Waals surface area contributed by atoms with Crippen molar-refractivity contribution in [2.75, 3.05) is 0 Å². The molecule has 6 aliphatic rings. The third-order valence-corrected chi connectivity index (χ3v) is 21.0. The number of hydrogen-bond donors (Lipinski definition) is 0. The first kappa shape index (κ1) is 38.0. The van der Waals surface area contributed by atoms with Gasteiger partial charge in [-0.15, -0.1) is 24.8 Å². The van der Waals surface area contributed by atoms with Crippen molar-refractivity contribution in [2.24, 2.45) is 23.2 Å². The predicted molar refractivity (Wildman–Crippen MR) is 224 cm³/mol. The maximum absolute atomic E-state index is 2.89. The van der Waals surface area contributed by atoms with E-state index in [4.69, 9.17) is 0 Å². The number of halogens is 2. The average molecular weight is 807 g/mol. The topological polar surface area (TPSA) is 0 Å². The Labute approximate surface area is 333 Å². The van der Waals surface area contributed by atoms with Crippen LogP contribution in [0, 0.1) is 23.2 Å². The van der Waals surface area contributed by atoms with Crippen molar-refractivity contribution in [2.45, 2.75) is 104 Å². The molecule has 4 fully saturated rings. The fraction of sp³-hybridized carbons (Fsp3) is 0.408. The Balaban J connectivity index is 0.00000210. The van der Waals surface area contributed by atoms with Crippen LogP contribution >= 0.6 is 24.8 Å². The van der Waals surface area contributed by atoms with E-state index in [1.54, 1.807) is 12.0 Å². The van der Waals surface area contributed by atoms with E-state index in [1.165, 1.54) is 77.5 Å². The molecule has 3 heteroatoms. The molecule has 0 spiro atoms. The van der Waals surface area contributed by atoms with E-state index >= 15 is 0 Å². The van der Waals surface area contributed by atoms with Crippen molar-refractivity contribution in [3.63, 3.8) is 0 Å². The first-order valence-electron chi connectivity index (χ1n) is 19.5. The van der Waals surface area contributed by atoms with Gasteiger partial charge in [0.1, 0.15) is 0 Å². The molecule has 0 unspecified atom stereocenters. The van der Waals surface area contributed by atoms with Crippen LogP contribution in [0.5, 0.6) is 0 Å². The van der Waals surface area contributed by atoms with Crippen LogP contribution in [0.25, 0.3) is 11.1 Å². The van der Waals surface area contributed by atoms with E-state index in [-0.39, 0.29) is 35.6 Å². The Kier molecular flexibility index (Phi) is 10.3. The van der Waals surface area contributed by atoms with E-state index in [9.17, 15) is 0 Å². The summed E-state index contributed by atoms with van der Waals surface area (Å²) in [4.78, 5) is 0. The predicted octanol–water partition coefficient (Wildman–Crippen LogP) is 12.6. The summed E-state index contributed by atoms with van der Waals surface area (Å²) in [7, 11) is 0. The van der Waals surface area contributed by atoms with Gasteiger partial charge in [-0.05, 0) is 0 Å². The summed E-state index contributed by atoms with van der Waals surface area (Å²) in [6, 6.07) is 36.0. The fourth-order valence-corrected chi connectivity index (χ4v) is 20.0. The van der Waals surface area contributed by atoms with Crippen molar-refractivity contribution in [1.29, 1.82) is 0 Å². The fourth-order valence-electron chi connectivity index (χ4n) is 11.2. The molecule has 6 aliphatic carbocycles. The Morgan fingerprint density at radius 1 is 0.635 bits per heavy atom. The number of allylic oxidation sites excluding steroid dienone is 4. The number of benzene rings is 4. The van der Waals surface area contributed by atoms with Gasteiger partial charge < -0.3 is 0 Å². The Hall–Kier alpha value is -2.31. The van der Waals surface area contributed by atoms with Crippen LogP contribution in [-0.4, -0.2) is 3.21 Å². The van der Waals surface area contributed by atoms with Gasteiger partial charge in [0.25, 0.3) is 0 Å². The van der Waals surface area contributed by atoms with Gasteiger partial charge in [0.05, 0.1) is 0 Å². The quantitative estimate of drug-likeness (QED) is 0.166. The van der Waals surface area contributed by atoms with Crippen molar-refractivity contribution in [3.05, 3.63) is 145 Å². The van der Waals surface area contributed by atoms with Crippen LogP contribution < -0.4 is 3.27 Å². The maximum atomic E-state index is 2.75. The molecule has 0 saturated heterocycles. The molecule has 0 amide bonds. The van der Waals surface area contributed by atoms with Gasteiger partial charge in [0.2, 0.25) is 0 Å². The number of rotatable bonds is 5. The van der Waals surface area contributed by atoms with E-state index in [2.05, 4.69) is 145 Å². The summed E-state index contributed by atoms with van der Waals surface area (Å²) in [5.74, 6) is 2.84. The second-order valence-electron chi connectivity index (χ2n) is 18.8.